The predicted octanol–water partition coefficient (Wildman–Crippen LogP) is 3.24. The van der Waals surface area contributed by atoms with Crippen LogP contribution in [0.2, 0.25) is 5.02 Å². The van der Waals surface area contributed by atoms with Gasteiger partial charge >= 0.3 is 0 Å². The van der Waals surface area contributed by atoms with Crippen molar-refractivity contribution in [2.45, 2.75) is 19.5 Å². The standard InChI is InChI=1S/C14H18ClN3S/c1-10-14(19-9-17-10)8-18(2)13(7-16)11-4-3-5-12(15)6-11/h3-6,9,13H,7-8,16H2,1-2H3. The van der Waals surface area contributed by atoms with Crippen LogP contribution in [0.3, 0.4) is 0 Å². The molecule has 3 nitrogen and oxygen atoms in total. The molecule has 1 unspecified atom stereocenters. The van der Waals surface area contributed by atoms with Crippen molar-refractivity contribution < 1.29 is 0 Å². The van der Waals surface area contributed by atoms with Crippen LogP contribution >= 0.6 is 22.9 Å². The quantitative estimate of drug-likeness (QED) is 0.921. The van der Waals surface area contributed by atoms with Crippen molar-refractivity contribution in [3.8, 4) is 0 Å². The van der Waals surface area contributed by atoms with Gasteiger partial charge in [-0.1, -0.05) is 23.7 Å². The third-order valence-electron chi connectivity index (χ3n) is 3.23. The van der Waals surface area contributed by atoms with Crippen LogP contribution in [0.5, 0.6) is 0 Å². The number of aryl methyl sites for hydroxylation is 1. The average molecular weight is 296 g/mol. The lowest BCUT2D eigenvalue weighted by Gasteiger charge is -2.27. The highest BCUT2D eigenvalue weighted by atomic mass is 35.5. The number of halogens is 1. The van der Waals surface area contributed by atoms with Crippen LogP contribution in [0.25, 0.3) is 0 Å². The number of thiazole rings is 1. The molecular formula is C14H18ClN3S. The van der Waals surface area contributed by atoms with E-state index >= 15 is 0 Å². The zero-order valence-corrected chi connectivity index (χ0v) is 12.7. The summed E-state index contributed by atoms with van der Waals surface area (Å²) < 4.78 is 0. The van der Waals surface area contributed by atoms with Gasteiger partial charge in [0.25, 0.3) is 0 Å². The third-order valence-corrected chi connectivity index (χ3v) is 4.38. The van der Waals surface area contributed by atoms with Gasteiger partial charge in [0.05, 0.1) is 11.2 Å². The van der Waals surface area contributed by atoms with Crippen molar-refractivity contribution in [1.29, 1.82) is 0 Å². The number of aromatic nitrogens is 1. The van der Waals surface area contributed by atoms with E-state index in [0.29, 0.717) is 6.54 Å². The highest BCUT2D eigenvalue weighted by Gasteiger charge is 2.17. The first-order chi connectivity index (χ1) is 9.11. The van der Waals surface area contributed by atoms with Crippen molar-refractivity contribution in [3.05, 3.63) is 50.9 Å². The molecule has 0 amide bonds. The Balaban J connectivity index is 2.15. The molecule has 0 saturated heterocycles. The molecule has 2 aromatic rings. The van der Waals surface area contributed by atoms with E-state index in [1.54, 1.807) is 11.3 Å². The molecule has 0 saturated carbocycles. The van der Waals surface area contributed by atoms with Crippen molar-refractivity contribution in [2.75, 3.05) is 13.6 Å². The van der Waals surface area contributed by atoms with E-state index in [4.69, 9.17) is 17.3 Å². The van der Waals surface area contributed by atoms with Crippen molar-refractivity contribution in [3.63, 3.8) is 0 Å². The van der Waals surface area contributed by atoms with E-state index in [2.05, 4.69) is 23.0 Å². The van der Waals surface area contributed by atoms with Crippen LogP contribution in [0, 0.1) is 6.92 Å². The topological polar surface area (TPSA) is 42.2 Å². The minimum atomic E-state index is 0.167. The van der Waals surface area contributed by atoms with Crippen LogP contribution in [-0.2, 0) is 6.54 Å². The molecule has 2 rings (SSSR count). The summed E-state index contributed by atoms with van der Waals surface area (Å²) in [6.07, 6.45) is 0. The number of hydrogen-bond donors (Lipinski definition) is 1. The van der Waals surface area contributed by atoms with Gasteiger partial charge in [-0.05, 0) is 31.7 Å². The molecule has 2 N–H and O–H groups in total. The summed E-state index contributed by atoms with van der Waals surface area (Å²) in [5.74, 6) is 0. The number of hydrogen-bond acceptors (Lipinski definition) is 4. The smallest absolute Gasteiger partial charge is 0.0798 e. The van der Waals surface area contributed by atoms with Gasteiger partial charge < -0.3 is 5.73 Å². The maximum Gasteiger partial charge on any atom is 0.0798 e. The molecule has 1 aromatic heterocycles. The lowest BCUT2D eigenvalue weighted by Crippen LogP contribution is -2.30. The number of likely N-dealkylation sites (N-methyl/N-ethyl adjacent to an activating group) is 1. The highest BCUT2D eigenvalue weighted by Crippen LogP contribution is 2.24. The summed E-state index contributed by atoms with van der Waals surface area (Å²) in [6, 6.07) is 8.06. The third kappa shape index (κ3) is 3.54. The number of nitrogens with two attached hydrogens (primary N) is 1. The second kappa shape index (κ2) is 6.48. The van der Waals surface area contributed by atoms with Gasteiger partial charge in [0.1, 0.15) is 0 Å². The second-order valence-corrected chi connectivity index (χ2v) is 5.96. The molecule has 0 spiro atoms. The summed E-state index contributed by atoms with van der Waals surface area (Å²) in [4.78, 5) is 7.80. The van der Waals surface area contributed by atoms with Gasteiger partial charge in [-0.2, -0.15) is 0 Å². The molecule has 0 radical (unpaired) electrons. The molecule has 102 valence electrons. The Kier molecular flexibility index (Phi) is 4.93. The molecular weight excluding hydrogens is 278 g/mol. The molecule has 1 heterocycles. The van der Waals surface area contributed by atoms with Crippen LogP contribution in [-0.4, -0.2) is 23.5 Å². The van der Waals surface area contributed by atoms with Crippen LogP contribution in [0.15, 0.2) is 29.8 Å². The minimum Gasteiger partial charge on any atom is -0.329 e. The van der Waals surface area contributed by atoms with Crippen molar-refractivity contribution in [2.24, 2.45) is 5.73 Å². The summed E-state index contributed by atoms with van der Waals surface area (Å²) in [5.41, 5.74) is 10.1. The first-order valence-electron chi connectivity index (χ1n) is 6.16. The van der Waals surface area contributed by atoms with Crippen molar-refractivity contribution >= 4 is 22.9 Å². The molecule has 0 bridgehead atoms. The van der Waals surface area contributed by atoms with Crippen LogP contribution in [0.4, 0.5) is 0 Å². The maximum absolute atomic E-state index is 6.05. The van der Waals surface area contributed by atoms with Crippen LogP contribution in [0.1, 0.15) is 22.2 Å². The van der Waals surface area contributed by atoms with E-state index in [1.807, 2.05) is 30.6 Å². The zero-order valence-electron chi connectivity index (χ0n) is 11.1. The van der Waals surface area contributed by atoms with Gasteiger partial charge in [-0.15, -0.1) is 11.3 Å². The van der Waals surface area contributed by atoms with Gasteiger partial charge in [0, 0.05) is 29.0 Å². The van der Waals surface area contributed by atoms with Gasteiger partial charge in [0.15, 0.2) is 0 Å². The van der Waals surface area contributed by atoms with Crippen LogP contribution < -0.4 is 5.73 Å². The maximum atomic E-state index is 6.05. The van der Waals surface area contributed by atoms with Crippen molar-refractivity contribution in [1.82, 2.24) is 9.88 Å². The fourth-order valence-electron chi connectivity index (χ4n) is 2.10. The predicted molar refractivity (Wildman–Crippen MR) is 81.6 cm³/mol. The van der Waals surface area contributed by atoms with Gasteiger partial charge in [-0.3, -0.25) is 4.90 Å². The Hall–Kier alpha value is -0.940. The molecule has 1 aromatic carbocycles. The van der Waals surface area contributed by atoms with E-state index in [-0.39, 0.29) is 6.04 Å². The lowest BCUT2D eigenvalue weighted by molar-refractivity contribution is 0.243. The van der Waals surface area contributed by atoms with E-state index < -0.39 is 0 Å². The first-order valence-corrected chi connectivity index (χ1v) is 7.42. The highest BCUT2D eigenvalue weighted by molar-refractivity contribution is 7.09. The van der Waals surface area contributed by atoms with Gasteiger partial charge in [-0.25, -0.2) is 4.98 Å². The first kappa shape index (κ1) is 14.5. The van der Waals surface area contributed by atoms with E-state index in [9.17, 15) is 0 Å². The number of benzene rings is 1. The number of nitrogens with zero attached hydrogens (tertiary/aromatic N) is 2. The average Bonchev–Trinajstić information content (AvgIpc) is 2.76. The summed E-state index contributed by atoms with van der Waals surface area (Å²) in [5, 5.41) is 0.748. The fraction of sp³-hybridized carbons (Fsp3) is 0.357. The normalized spacial score (nSPS) is 12.9. The Morgan fingerprint density at radius 1 is 1.47 bits per heavy atom. The monoisotopic (exact) mass is 295 g/mol. The summed E-state index contributed by atoms with van der Waals surface area (Å²) in [6.45, 7) is 3.45. The molecule has 0 aliphatic carbocycles. The SMILES string of the molecule is Cc1ncsc1CN(C)C(CN)c1cccc(Cl)c1. The molecule has 0 aliphatic rings. The minimum absolute atomic E-state index is 0.167. The molecule has 5 heteroatoms. The summed E-state index contributed by atoms with van der Waals surface area (Å²) in [7, 11) is 2.08. The Morgan fingerprint density at radius 3 is 2.84 bits per heavy atom. The second-order valence-electron chi connectivity index (χ2n) is 4.58. The largest absolute Gasteiger partial charge is 0.329 e. The van der Waals surface area contributed by atoms with E-state index in [0.717, 1.165) is 22.8 Å². The Bertz CT molecular complexity index is 541. The Morgan fingerprint density at radius 2 is 2.26 bits per heavy atom. The number of rotatable bonds is 5. The Labute approximate surface area is 123 Å². The molecule has 0 fully saturated rings. The van der Waals surface area contributed by atoms with E-state index in [1.165, 1.54) is 4.88 Å². The molecule has 1 atom stereocenters. The molecule has 0 aliphatic heterocycles. The zero-order chi connectivity index (χ0) is 13.8. The molecule has 19 heavy (non-hydrogen) atoms. The van der Waals surface area contributed by atoms with Gasteiger partial charge in [0.2, 0.25) is 0 Å². The summed E-state index contributed by atoms with van der Waals surface area (Å²) >= 11 is 7.74. The lowest BCUT2D eigenvalue weighted by atomic mass is 10.1. The fourth-order valence-corrected chi connectivity index (χ4v) is 3.14.